The average molecular weight is 263 g/mol. The van der Waals surface area contributed by atoms with Crippen molar-refractivity contribution >= 4 is 34.7 Å². The normalized spacial score (nSPS) is 11.0. The van der Waals surface area contributed by atoms with Crippen LogP contribution in [0.5, 0.6) is 0 Å². The molecule has 0 radical (unpaired) electrons. The number of pyridine rings is 1. The topological polar surface area (TPSA) is 80.4 Å². The molecule has 1 heterocycles. The number of urea groups is 1. The molecule has 5 nitrogen and oxygen atoms in total. The van der Waals surface area contributed by atoms with E-state index in [-0.39, 0.29) is 0 Å². The van der Waals surface area contributed by atoms with E-state index < -0.39 is 6.03 Å². The number of fused-ring (bicyclic) bond motifs is 1. The molecule has 0 spiro atoms. The van der Waals surface area contributed by atoms with Crippen LogP contribution in [0, 0.1) is 6.92 Å². The molecule has 0 fully saturated rings. The smallest absolute Gasteiger partial charge is 0.332 e. The number of carbonyl (C=O) groups is 1. The van der Waals surface area contributed by atoms with E-state index >= 15 is 0 Å². The summed E-state index contributed by atoms with van der Waals surface area (Å²) >= 11 is 6.02. The maximum absolute atomic E-state index is 10.5. The molecule has 0 aliphatic heterocycles. The minimum Gasteiger partial charge on any atom is -0.350 e. The van der Waals surface area contributed by atoms with Gasteiger partial charge in [0.1, 0.15) is 5.15 Å². The third-order valence-electron chi connectivity index (χ3n) is 2.33. The molecule has 18 heavy (non-hydrogen) atoms. The second-order valence-electron chi connectivity index (χ2n) is 3.80. The predicted molar refractivity (Wildman–Crippen MR) is 71.8 cm³/mol. The van der Waals surface area contributed by atoms with Crippen LogP contribution < -0.4 is 11.2 Å². The zero-order chi connectivity index (χ0) is 13.1. The van der Waals surface area contributed by atoms with Gasteiger partial charge in [-0.25, -0.2) is 15.2 Å². The van der Waals surface area contributed by atoms with Gasteiger partial charge in [0.25, 0.3) is 0 Å². The monoisotopic (exact) mass is 262 g/mol. The molecule has 2 rings (SSSR count). The van der Waals surface area contributed by atoms with Crippen molar-refractivity contribution in [3.8, 4) is 0 Å². The number of primary amides is 1. The van der Waals surface area contributed by atoms with E-state index in [4.69, 9.17) is 17.3 Å². The van der Waals surface area contributed by atoms with Gasteiger partial charge in [0.15, 0.2) is 0 Å². The Balaban J connectivity index is 2.40. The van der Waals surface area contributed by atoms with Gasteiger partial charge in [-0.15, -0.1) is 0 Å². The molecule has 3 N–H and O–H groups in total. The number of rotatable bonds is 2. The molecular formula is C12H11ClN4O. The van der Waals surface area contributed by atoms with Gasteiger partial charge < -0.3 is 5.73 Å². The zero-order valence-corrected chi connectivity index (χ0v) is 10.4. The van der Waals surface area contributed by atoms with E-state index in [1.54, 1.807) is 0 Å². The van der Waals surface area contributed by atoms with Crippen molar-refractivity contribution in [1.82, 2.24) is 10.4 Å². The van der Waals surface area contributed by atoms with Gasteiger partial charge in [-0.05, 0) is 24.6 Å². The third-order valence-corrected chi connectivity index (χ3v) is 2.63. The van der Waals surface area contributed by atoms with Crippen molar-refractivity contribution < 1.29 is 4.79 Å². The number of nitrogens with zero attached hydrogens (tertiary/aromatic N) is 2. The summed E-state index contributed by atoms with van der Waals surface area (Å²) < 4.78 is 0. The summed E-state index contributed by atoms with van der Waals surface area (Å²) in [7, 11) is 0. The number of benzene rings is 1. The molecule has 0 bridgehead atoms. The Morgan fingerprint density at radius 2 is 2.28 bits per heavy atom. The summed E-state index contributed by atoms with van der Waals surface area (Å²) in [5.41, 5.74) is 9.54. The van der Waals surface area contributed by atoms with Crippen LogP contribution >= 0.6 is 11.6 Å². The Hall–Kier alpha value is -2.14. The fourth-order valence-electron chi connectivity index (χ4n) is 1.53. The van der Waals surface area contributed by atoms with E-state index in [1.807, 2.05) is 31.2 Å². The molecule has 92 valence electrons. The van der Waals surface area contributed by atoms with Crippen LogP contribution in [0.25, 0.3) is 10.9 Å². The van der Waals surface area contributed by atoms with Crippen LogP contribution in [-0.4, -0.2) is 17.2 Å². The summed E-state index contributed by atoms with van der Waals surface area (Å²) in [6.45, 7) is 1.99. The number of hydrogen-bond acceptors (Lipinski definition) is 3. The zero-order valence-electron chi connectivity index (χ0n) is 9.64. The van der Waals surface area contributed by atoms with Crippen molar-refractivity contribution in [3.05, 3.63) is 40.5 Å². The SMILES string of the molecule is Cc1ccc2cc(/C=N/NC(N)=O)c(Cl)nc2c1. The lowest BCUT2D eigenvalue weighted by atomic mass is 10.1. The highest BCUT2D eigenvalue weighted by molar-refractivity contribution is 6.32. The Morgan fingerprint density at radius 1 is 1.50 bits per heavy atom. The fraction of sp³-hybridized carbons (Fsp3) is 0.0833. The highest BCUT2D eigenvalue weighted by Gasteiger charge is 2.03. The first-order valence-corrected chi connectivity index (χ1v) is 5.59. The van der Waals surface area contributed by atoms with E-state index in [0.717, 1.165) is 16.5 Å². The number of aryl methyl sites for hydroxylation is 1. The summed E-state index contributed by atoms with van der Waals surface area (Å²) in [4.78, 5) is 14.7. The molecular weight excluding hydrogens is 252 g/mol. The maximum Gasteiger partial charge on any atom is 0.332 e. The fourth-order valence-corrected chi connectivity index (χ4v) is 1.72. The largest absolute Gasteiger partial charge is 0.350 e. The molecule has 2 amide bonds. The molecule has 0 aliphatic carbocycles. The summed E-state index contributed by atoms with van der Waals surface area (Å²) in [6.07, 6.45) is 1.40. The van der Waals surface area contributed by atoms with Gasteiger partial charge in [-0.2, -0.15) is 5.10 Å². The lowest BCUT2D eigenvalue weighted by Crippen LogP contribution is -2.24. The number of nitrogens with one attached hydrogen (secondary N) is 1. The molecule has 0 aliphatic rings. The van der Waals surface area contributed by atoms with Gasteiger partial charge in [0, 0.05) is 10.9 Å². The lowest BCUT2D eigenvalue weighted by Gasteiger charge is -2.02. The second-order valence-corrected chi connectivity index (χ2v) is 4.16. The number of amides is 2. The first kappa shape index (κ1) is 12.3. The van der Waals surface area contributed by atoms with Gasteiger partial charge in [0.2, 0.25) is 0 Å². The second kappa shape index (κ2) is 5.01. The molecule has 2 aromatic rings. The molecule has 0 atom stereocenters. The van der Waals surface area contributed by atoms with Gasteiger partial charge in [0.05, 0.1) is 11.7 Å². The molecule has 0 saturated carbocycles. The van der Waals surface area contributed by atoms with Crippen molar-refractivity contribution in [2.75, 3.05) is 0 Å². The van der Waals surface area contributed by atoms with Crippen molar-refractivity contribution in [2.24, 2.45) is 10.8 Å². The van der Waals surface area contributed by atoms with E-state index in [0.29, 0.717) is 10.7 Å². The van der Waals surface area contributed by atoms with Crippen LogP contribution in [-0.2, 0) is 0 Å². The van der Waals surface area contributed by atoms with Crippen molar-refractivity contribution in [1.29, 1.82) is 0 Å². The first-order valence-electron chi connectivity index (χ1n) is 5.21. The standard InChI is InChI=1S/C12H11ClN4O/c1-7-2-3-8-5-9(6-15-17-12(14)18)11(13)16-10(8)4-7/h2-6H,1H3,(H3,14,17,18)/b15-6+. The summed E-state index contributed by atoms with van der Waals surface area (Å²) in [5, 5.41) is 4.92. The van der Waals surface area contributed by atoms with Crippen LogP contribution in [0.4, 0.5) is 4.79 Å². The maximum atomic E-state index is 10.5. The Morgan fingerprint density at radius 3 is 3.00 bits per heavy atom. The highest BCUT2D eigenvalue weighted by Crippen LogP contribution is 2.20. The molecule has 0 saturated heterocycles. The third kappa shape index (κ3) is 2.75. The predicted octanol–water partition coefficient (Wildman–Crippen LogP) is 2.20. The summed E-state index contributed by atoms with van der Waals surface area (Å²) in [6, 6.07) is 7.00. The van der Waals surface area contributed by atoms with Crippen molar-refractivity contribution in [2.45, 2.75) is 6.92 Å². The van der Waals surface area contributed by atoms with Crippen LogP contribution in [0.15, 0.2) is 29.4 Å². The number of hydrogen-bond donors (Lipinski definition) is 2. The number of aromatic nitrogens is 1. The van der Waals surface area contributed by atoms with Gasteiger partial charge in [-0.3, -0.25) is 0 Å². The van der Waals surface area contributed by atoms with Crippen LogP contribution in [0.1, 0.15) is 11.1 Å². The minimum absolute atomic E-state index is 0.322. The van der Waals surface area contributed by atoms with Gasteiger partial charge >= 0.3 is 6.03 Å². The van der Waals surface area contributed by atoms with E-state index in [1.165, 1.54) is 6.21 Å². The van der Waals surface area contributed by atoms with E-state index in [9.17, 15) is 4.79 Å². The number of nitrogens with two attached hydrogens (primary N) is 1. The molecule has 1 aromatic heterocycles. The number of halogens is 1. The average Bonchev–Trinajstić information content (AvgIpc) is 2.29. The lowest BCUT2D eigenvalue weighted by molar-refractivity contribution is 0.249. The minimum atomic E-state index is -0.730. The van der Waals surface area contributed by atoms with E-state index in [2.05, 4.69) is 15.5 Å². The molecule has 1 aromatic carbocycles. The van der Waals surface area contributed by atoms with Gasteiger partial charge in [-0.1, -0.05) is 23.7 Å². The quantitative estimate of drug-likeness (QED) is 0.494. The number of hydrazone groups is 1. The Kier molecular flexibility index (Phi) is 3.43. The number of carbonyl (C=O) groups excluding carboxylic acids is 1. The highest BCUT2D eigenvalue weighted by atomic mass is 35.5. The molecule has 0 unspecified atom stereocenters. The summed E-state index contributed by atoms with van der Waals surface area (Å²) in [5.74, 6) is 0. The molecule has 6 heteroatoms. The van der Waals surface area contributed by atoms with Crippen molar-refractivity contribution in [3.63, 3.8) is 0 Å². The first-order chi connectivity index (χ1) is 8.56. The Bertz CT molecular complexity index is 639. The Labute approximate surface area is 109 Å². The van der Waals surface area contributed by atoms with Crippen LogP contribution in [0.3, 0.4) is 0 Å². The van der Waals surface area contributed by atoms with Crippen LogP contribution in [0.2, 0.25) is 5.15 Å².